The molecule has 102 valence electrons. The number of rotatable bonds is 6. The molecule has 0 aliphatic heterocycles. The molecular formula is C14H18NO3P. The Morgan fingerprint density at radius 3 is 2.58 bits per heavy atom. The second kappa shape index (κ2) is 6.29. The van der Waals surface area contributed by atoms with Gasteiger partial charge in [-0.15, -0.1) is 0 Å². The van der Waals surface area contributed by atoms with E-state index in [1.807, 2.05) is 44.2 Å². The summed E-state index contributed by atoms with van der Waals surface area (Å²) < 4.78 is 23.1. The van der Waals surface area contributed by atoms with Crippen molar-refractivity contribution < 1.29 is 13.6 Å². The van der Waals surface area contributed by atoms with E-state index in [1.165, 1.54) is 0 Å². The molecule has 0 atom stereocenters. The second-order valence-electron chi connectivity index (χ2n) is 4.14. The number of pyridine rings is 1. The quantitative estimate of drug-likeness (QED) is 0.750. The second-order valence-corrected chi connectivity index (χ2v) is 6.19. The molecule has 0 N–H and O–H groups in total. The van der Waals surface area contributed by atoms with Crippen molar-refractivity contribution in [1.82, 2.24) is 4.98 Å². The fourth-order valence-corrected chi connectivity index (χ4v) is 3.64. The molecule has 1 heterocycles. The molecule has 4 nitrogen and oxygen atoms in total. The average molecular weight is 279 g/mol. The van der Waals surface area contributed by atoms with Crippen molar-refractivity contribution in [3.8, 4) is 0 Å². The summed E-state index contributed by atoms with van der Waals surface area (Å²) in [6.07, 6.45) is 2.03. The predicted octanol–water partition coefficient (Wildman–Crippen LogP) is 4.00. The summed E-state index contributed by atoms with van der Waals surface area (Å²) in [5.74, 6) is 0. The van der Waals surface area contributed by atoms with Gasteiger partial charge in [0.2, 0.25) is 0 Å². The van der Waals surface area contributed by atoms with E-state index < -0.39 is 7.60 Å². The maximum atomic E-state index is 12.5. The molecule has 0 spiro atoms. The van der Waals surface area contributed by atoms with Crippen LogP contribution in [0.15, 0.2) is 36.5 Å². The van der Waals surface area contributed by atoms with Crippen LogP contribution in [-0.2, 0) is 19.8 Å². The van der Waals surface area contributed by atoms with Gasteiger partial charge in [0.1, 0.15) is 0 Å². The molecule has 19 heavy (non-hydrogen) atoms. The topological polar surface area (TPSA) is 48.4 Å². The maximum absolute atomic E-state index is 12.5. The first-order valence-corrected chi connectivity index (χ1v) is 8.11. The van der Waals surface area contributed by atoms with Crippen LogP contribution in [0.4, 0.5) is 0 Å². The molecule has 2 rings (SSSR count). The number of nitrogens with zero attached hydrogens (tertiary/aromatic N) is 1. The Bertz CT molecular complexity index is 590. The Hall–Kier alpha value is -1.22. The van der Waals surface area contributed by atoms with Crippen LogP contribution in [0.1, 0.15) is 19.4 Å². The van der Waals surface area contributed by atoms with Crippen molar-refractivity contribution in [2.45, 2.75) is 20.0 Å². The van der Waals surface area contributed by atoms with Gasteiger partial charge in [0.25, 0.3) is 0 Å². The largest absolute Gasteiger partial charge is 0.335 e. The molecule has 1 aromatic carbocycles. The molecule has 2 aromatic rings. The van der Waals surface area contributed by atoms with Gasteiger partial charge >= 0.3 is 7.60 Å². The molecular weight excluding hydrogens is 261 g/mol. The monoisotopic (exact) mass is 279 g/mol. The van der Waals surface area contributed by atoms with Gasteiger partial charge in [0.15, 0.2) is 0 Å². The van der Waals surface area contributed by atoms with Gasteiger partial charge in [-0.3, -0.25) is 9.55 Å². The molecule has 0 aliphatic carbocycles. The first kappa shape index (κ1) is 14.2. The van der Waals surface area contributed by atoms with Crippen LogP contribution in [0.5, 0.6) is 0 Å². The first-order valence-electron chi connectivity index (χ1n) is 6.38. The molecule has 0 saturated carbocycles. The van der Waals surface area contributed by atoms with Gasteiger partial charge in [0.05, 0.1) is 24.9 Å². The first-order chi connectivity index (χ1) is 9.17. The summed E-state index contributed by atoms with van der Waals surface area (Å²) in [6, 6.07) is 9.73. The highest BCUT2D eigenvalue weighted by Crippen LogP contribution is 2.51. The summed E-state index contributed by atoms with van der Waals surface area (Å²) in [4.78, 5) is 4.29. The molecule has 0 unspecified atom stereocenters. The van der Waals surface area contributed by atoms with Crippen LogP contribution in [0, 0.1) is 0 Å². The lowest BCUT2D eigenvalue weighted by atomic mass is 10.1. The Morgan fingerprint density at radius 1 is 1.16 bits per heavy atom. The zero-order valence-corrected chi connectivity index (χ0v) is 12.1. The van der Waals surface area contributed by atoms with Crippen LogP contribution in [0.25, 0.3) is 10.9 Å². The summed E-state index contributed by atoms with van der Waals surface area (Å²) >= 11 is 0. The lowest BCUT2D eigenvalue weighted by Gasteiger charge is -2.17. The lowest BCUT2D eigenvalue weighted by molar-refractivity contribution is 0.219. The van der Waals surface area contributed by atoms with Gasteiger partial charge in [-0.05, 0) is 31.5 Å². The zero-order valence-electron chi connectivity index (χ0n) is 11.2. The van der Waals surface area contributed by atoms with Crippen LogP contribution >= 0.6 is 7.60 Å². The molecule has 0 aliphatic rings. The van der Waals surface area contributed by atoms with Crippen LogP contribution in [0.3, 0.4) is 0 Å². The number of fused-ring (bicyclic) bond motifs is 1. The van der Waals surface area contributed by atoms with Gasteiger partial charge in [-0.2, -0.15) is 0 Å². The van der Waals surface area contributed by atoms with Gasteiger partial charge < -0.3 is 9.05 Å². The summed E-state index contributed by atoms with van der Waals surface area (Å²) in [5.41, 5.74) is 1.80. The van der Waals surface area contributed by atoms with E-state index >= 15 is 0 Å². The van der Waals surface area contributed by atoms with Crippen molar-refractivity contribution in [3.05, 3.63) is 42.1 Å². The smallest absolute Gasteiger partial charge is 0.309 e. The third kappa shape index (κ3) is 3.63. The van der Waals surface area contributed by atoms with E-state index in [4.69, 9.17) is 9.05 Å². The molecule has 0 bridgehead atoms. The minimum atomic E-state index is -3.05. The minimum absolute atomic E-state index is 0.279. The molecule has 1 aromatic heterocycles. The molecule has 0 amide bonds. The molecule has 0 radical (unpaired) electrons. The minimum Gasteiger partial charge on any atom is -0.309 e. The molecule has 0 saturated heterocycles. The number of benzene rings is 1. The van der Waals surface area contributed by atoms with E-state index in [1.54, 1.807) is 6.20 Å². The number of aromatic nitrogens is 1. The fraction of sp³-hybridized carbons (Fsp3) is 0.357. The Labute approximate surface area is 113 Å². The van der Waals surface area contributed by atoms with Gasteiger partial charge in [-0.25, -0.2) is 0 Å². The van der Waals surface area contributed by atoms with Crippen molar-refractivity contribution in [2.75, 3.05) is 13.2 Å². The summed E-state index contributed by atoms with van der Waals surface area (Å²) in [7, 11) is -3.05. The highest BCUT2D eigenvalue weighted by atomic mass is 31.2. The number of hydrogen-bond donors (Lipinski definition) is 0. The summed E-state index contributed by atoms with van der Waals surface area (Å²) in [5, 5.41) is 1.06. The Morgan fingerprint density at radius 2 is 1.89 bits per heavy atom. The van der Waals surface area contributed by atoms with E-state index in [9.17, 15) is 4.57 Å². The molecule has 5 heteroatoms. The highest BCUT2D eigenvalue weighted by molar-refractivity contribution is 7.53. The lowest BCUT2D eigenvalue weighted by Crippen LogP contribution is -1.99. The average Bonchev–Trinajstić information content (AvgIpc) is 2.39. The fourth-order valence-electron chi connectivity index (χ4n) is 1.96. The van der Waals surface area contributed by atoms with Crippen LogP contribution in [-0.4, -0.2) is 18.2 Å². The maximum Gasteiger partial charge on any atom is 0.335 e. The predicted molar refractivity (Wildman–Crippen MR) is 76.3 cm³/mol. The van der Waals surface area contributed by atoms with Gasteiger partial charge in [-0.1, -0.05) is 18.2 Å². The Kier molecular flexibility index (Phi) is 4.70. The third-order valence-electron chi connectivity index (χ3n) is 2.70. The van der Waals surface area contributed by atoms with E-state index in [2.05, 4.69) is 4.98 Å². The summed E-state index contributed by atoms with van der Waals surface area (Å²) in [6.45, 7) is 4.38. The van der Waals surface area contributed by atoms with E-state index in [-0.39, 0.29) is 6.16 Å². The highest BCUT2D eigenvalue weighted by Gasteiger charge is 2.24. The SMILES string of the molecule is CCOP(=O)(Cc1ccc2cccnc2c1)OCC. The van der Waals surface area contributed by atoms with Crippen molar-refractivity contribution in [3.63, 3.8) is 0 Å². The van der Waals surface area contributed by atoms with Crippen LogP contribution < -0.4 is 0 Å². The van der Waals surface area contributed by atoms with Crippen molar-refractivity contribution in [1.29, 1.82) is 0 Å². The standard InChI is InChI=1S/C14H18NO3P/c1-3-17-19(16,18-4-2)11-12-7-8-13-6-5-9-15-14(13)10-12/h5-10H,3-4,11H2,1-2H3. The molecule has 0 fully saturated rings. The van der Waals surface area contributed by atoms with Crippen molar-refractivity contribution in [2.24, 2.45) is 0 Å². The van der Waals surface area contributed by atoms with Crippen molar-refractivity contribution >= 4 is 18.5 Å². The Balaban J connectivity index is 2.26. The van der Waals surface area contributed by atoms with E-state index in [0.29, 0.717) is 13.2 Å². The van der Waals surface area contributed by atoms with E-state index in [0.717, 1.165) is 16.5 Å². The van der Waals surface area contributed by atoms with Gasteiger partial charge in [0, 0.05) is 11.6 Å². The third-order valence-corrected chi connectivity index (χ3v) is 4.75. The zero-order chi connectivity index (χ0) is 13.7. The van der Waals surface area contributed by atoms with Crippen LogP contribution in [0.2, 0.25) is 0 Å². The number of hydrogen-bond acceptors (Lipinski definition) is 4. The normalized spacial score (nSPS) is 11.9.